The zero-order valence-corrected chi connectivity index (χ0v) is 8.81. The minimum absolute atomic E-state index is 0.0171. The van der Waals surface area contributed by atoms with Gasteiger partial charge in [0.15, 0.2) is 0 Å². The van der Waals surface area contributed by atoms with Crippen molar-refractivity contribution in [3.05, 3.63) is 27.5 Å². The van der Waals surface area contributed by atoms with Crippen molar-refractivity contribution in [3.63, 3.8) is 0 Å². The second kappa shape index (κ2) is 4.00. The molecule has 1 aromatic heterocycles. The molecule has 76 valence electrons. The first kappa shape index (κ1) is 11.0. The second-order valence-corrected chi connectivity index (χ2v) is 3.42. The Balaban J connectivity index is 3.41. The average Bonchev–Trinajstić information content (AvgIpc) is 2.02. The Kier molecular flexibility index (Phi) is 3.15. The van der Waals surface area contributed by atoms with Crippen LogP contribution in [0.5, 0.6) is 0 Å². The highest BCUT2D eigenvalue weighted by molar-refractivity contribution is 9.10. The fraction of sp³-hybridized carbons (Fsp3) is 0.250. The number of carbonyl (C=O) groups excluding carboxylic acids is 1. The Morgan fingerprint density at radius 1 is 1.64 bits per heavy atom. The Morgan fingerprint density at radius 2 is 2.21 bits per heavy atom. The van der Waals surface area contributed by atoms with Crippen molar-refractivity contribution >= 4 is 21.8 Å². The maximum atomic E-state index is 12.5. The summed E-state index contributed by atoms with van der Waals surface area (Å²) in [5.41, 5.74) is 4.88. The fourth-order valence-corrected chi connectivity index (χ4v) is 1.66. The predicted octanol–water partition coefficient (Wildman–Crippen LogP) is 2.19. The average molecular weight is 265 g/mol. The summed E-state index contributed by atoms with van der Waals surface area (Å²) in [6, 6.07) is 0. The highest BCUT2D eigenvalue weighted by Crippen LogP contribution is 2.30. The molecule has 1 heterocycles. The van der Waals surface area contributed by atoms with Crippen LogP contribution < -0.4 is 5.73 Å². The summed E-state index contributed by atoms with van der Waals surface area (Å²) in [4.78, 5) is 14.4. The molecule has 0 unspecified atom stereocenters. The van der Waals surface area contributed by atoms with Crippen LogP contribution in [0.3, 0.4) is 0 Å². The van der Waals surface area contributed by atoms with Gasteiger partial charge < -0.3 is 5.73 Å². The minimum atomic E-state index is -2.68. The zero-order chi connectivity index (χ0) is 10.9. The van der Waals surface area contributed by atoms with Crippen LogP contribution in [0, 0.1) is 6.92 Å². The quantitative estimate of drug-likeness (QED) is 0.833. The van der Waals surface area contributed by atoms with Crippen LogP contribution in [-0.4, -0.2) is 10.9 Å². The number of amides is 1. The molecule has 3 nitrogen and oxygen atoms in total. The first-order valence-corrected chi connectivity index (χ1v) is 4.47. The highest BCUT2D eigenvalue weighted by Gasteiger charge is 2.19. The Morgan fingerprint density at radius 3 is 2.64 bits per heavy atom. The zero-order valence-electron chi connectivity index (χ0n) is 7.22. The SMILES string of the molecule is Cc1c(C(N)=O)cnc(Br)c1C(F)F. The standard InChI is InChI=1S/C8H7BrF2N2O/c1-3-4(8(12)14)2-13-6(9)5(3)7(10)11/h2,7H,1H3,(H2,12,14). The number of primary amides is 1. The Bertz CT molecular complexity index is 382. The van der Waals surface area contributed by atoms with E-state index in [4.69, 9.17) is 5.73 Å². The molecule has 2 N–H and O–H groups in total. The van der Waals surface area contributed by atoms with E-state index in [0.717, 1.165) is 0 Å². The van der Waals surface area contributed by atoms with Crippen molar-refractivity contribution in [2.45, 2.75) is 13.3 Å². The maximum Gasteiger partial charge on any atom is 0.266 e. The number of alkyl halides is 2. The van der Waals surface area contributed by atoms with Crippen LogP contribution in [0.1, 0.15) is 27.9 Å². The number of carbonyl (C=O) groups is 1. The summed E-state index contributed by atoms with van der Waals surface area (Å²) in [6.07, 6.45) is -1.51. The predicted molar refractivity (Wildman–Crippen MR) is 50.1 cm³/mol. The molecule has 0 spiro atoms. The summed E-state index contributed by atoms with van der Waals surface area (Å²) in [7, 11) is 0. The monoisotopic (exact) mass is 264 g/mol. The van der Waals surface area contributed by atoms with Gasteiger partial charge in [-0.2, -0.15) is 0 Å². The van der Waals surface area contributed by atoms with E-state index in [1.54, 1.807) is 0 Å². The smallest absolute Gasteiger partial charge is 0.266 e. The van der Waals surface area contributed by atoms with E-state index >= 15 is 0 Å². The molecule has 0 bridgehead atoms. The molecule has 0 aliphatic carbocycles. The van der Waals surface area contributed by atoms with Crippen LogP contribution in [0.4, 0.5) is 8.78 Å². The number of hydrogen-bond acceptors (Lipinski definition) is 2. The van der Waals surface area contributed by atoms with Crippen LogP contribution in [0.15, 0.2) is 10.8 Å². The largest absolute Gasteiger partial charge is 0.366 e. The van der Waals surface area contributed by atoms with Gasteiger partial charge in [-0.25, -0.2) is 13.8 Å². The number of nitrogens with zero attached hydrogens (tertiary/aromatic N) is 1. The molecule has 1 rings (SSSR count). The van der Waals surface area contributed by atoms with Crippen LogP contribution in [0.25, 0.3) is 0 Å². The number of hydrogen-bond donors (Lipinski definition) is 1. The normalized spacial score (nSPS) is 10.6. The Hall–Kier alpha value is -1.04. The van der Waals surface area contributed by atoms with E-state index in [1.807, 2.05) is 0 Å². The van der Waals surface area contributed by atoms with Crippen molar-refractivity contribution < 1.29 is 13.6 Å². The van der Waals surface area contributed by atoms with Gasteiger partial charge in [-0.05, 0) is 28.4 Å². The second-order valence-electron chi connectivity index (χ2n) is 2.67. The van der Waals surface area contributed by atoms with E-state index in [9.17, 15) is 13.6 Å². The van der Waals surface area contributed by atoms with E-state index in [1.165, 1.54) is 13.1 Å². The molecule has 14 heavy (non-hydrogen) atoms. The fourth-order valence-electron chi connectivity index (χ4n) is 1.09. The topological polar surface area (TPSA) is 56.0 Å². The van der Waals surface area contributed by atoms with E-state index in [-0.39, 0.29) is 21.3 Å². The number of halogens is 3. The minimum Gasteiger partial charge on any atom is -0.366 e. The third kappa shape index (κ3) is 1.89. The third-order valence-electron chi connectivity index (χ3n) is 1.82. The lowest BCUT2D eigenvalue weighted by Crippen LogP contribution is -2.14. The number of nitrogens with two attached hydrogens (primary N) is 1. The summed E-state index contributed by atoms with van der Waals surface area (Å²) >= 11 is 2.89. The maximum absolute atomic E-state index is 12.5. The van der Waals surface area contributed by atoms with Crippen molar-refractivity contribution in [3.8, 4) is 0 Å². The lowest BCUT2D eigenvalue weighted by atomic mass is 10.1. The van der Waals surface area contributed by atoms with Gasteiger partial charge in [-0.15, -0.1) is 0 Å². The van der Waals surface area contributed by atoms with Gasteiger partial charge >= 0.3 is 0 Å². The van der Waals surface area contributed by atoms with Gasteiger partial charge in [0.05, 0.1) is 11.1 Å². The van der Waals surface area contributed by atoms with E-state index < -0.39 is 12.3 Å². The lowest BCUT2D eigenvalue weighted by Gasteiger charge is -2.09. The molecule has 0 saturated heterocycles. The van der Waals surface area contributed by atoms with Gasteiger partial charge in [0, 0.05) is 6.20 Å². The molecule has 0 atom stereocenters. The summed E-state index contributed by atoms with van der Waals surface area (Å²) in [6.45, 7) is 1.41. The van der Waals surface area contributed by atoms with Crippen molar-refractivity contribution in [2.75, 3.05) is 0 Å². The first-order chi connectivity index (χ1) is 6.45. The first-order valence-electron chi connectivity index (χ1n) is 3.68. The number of rotatable bonds is 2. The van der Waals surface area contributed by atoms with Crippen LogP contribution >= 0.6 is 15.9 Å². The third-order valence-corrected chi connectivity index (χ3v) is 2.45. The molecule has 0 radical (unpaired) electrons. The highest BCUT2D eigenvalue weighted by atomic mass is 79.9. The lowest BCUT2D eigenvalue weighted by molar-refractivity contribution is 0.0998. The molecule has 0 aliphatic heterocycles. The molecule has 1 amide bonds. The van der Waals surface area contributed by atoms with Crippen molar-refractivity contribution in [2.24, 2.45) is 5.73 Å². The molecule has 0 saturated carbocycles. The van der Waals surface area contributed by atoms with Gasteiger partial charge in [-0.3, -0.25) is 4.79 Å². The van der Waals surface area contributed by atoms with E-state index in [0.29, 0.717) is 0 Å². The number of aromatic nitrogens is 1. The van der Waals surface area contributed by atoms with Crippen molar-refractivity contribution in [1.29, 1.82) is 0 Å². The Labute approximate surface area is 87.4 Å². The van der Waals surface area contributed by atoms with Crippen LogP contribution in [-0.2, 0) is 0 Å². The molecular weight excluding hydrogens is 258 g/mol. The summed E-state index contributed by atoms with van der Waals surface area (Å²) in [5, 5.41) is 0. The summed E-state index contributed by atoms with van der Waals surface area (Å²) < 4.78 is 25.1. The summed E-state index contributed by atoms with van der Waals surface area (Å²) in [5.74, 6) is -0.760. The number of pyridine rings is 1. The van der Waals surface area contributed by atoms with Gasteiger partial charge in [0.25, 0.3) is 12.3 Å². The molecule has 0 aromatic carbocycles. The van der Waals surface area contributed by atoms with E-state index in [2.05, 4.69) is 20.9 Å². The van der Waals surface area contributed by atoms with Gasteiger partial charge in [0.1, 0.15) is 4.60 Å². The molecule has 0 aliphatic rings. The van der Waals surface area contributed by atoms with Gasteiger partial charge in [-0.1, -0.05) is 0 Å². The van der Waals surface area contributed by atoms with Crippen molar-refractivity contribution in [1.82, 2.24) is 4.98 Å². The molecule has 1 aromatic rings. The van der Waals surface area contributed by atoms with Crippen LogP contribution in [0.2, 0.25) is 0 Å². The molecule has 0 fully saturated rings. The molecular formula is C8H7BrF2N2O. The molecule has 6 heteroatoms. The van der Waals surface area contributed by atoms with Gasteiger partial charge in [0.2, 0.25) is 0 Å².